The molecule has 3 aromatic rings. The molecule has 0 unspecified atom stereocenters. The van der Waals surface area contributed by atoms with E-state index in [1.165, 1.54) is 18.0 Å². The first kappa shape index (κ1) is 17.2. The van der Waals surface area contributed by atoms with Gasteiger partial charge in [-0.05, 0) is 30.7 Å². The zero-order chi connectivity index (χ0) is 18.7. The lowest BCUT2D eigenvalue weighted by atomic mass is 10.00. The minimum absolute atomic E-state index is 0.0497. The van der Waals surface area contributed by atoms with E-state index in [1.807, 2.05) is 6.92 Å². The number of imidazole rings is 1. The number of esters is 1. The van der Waals surface area contributed by atoms with Crippen LogP contribution < -0.4 is 5.73 Å². The second-order valence-electron chi connectivity index (χ2n) is 5.65. The van der Waals surface area contributed by atoms with E-state index in [1.54, 1.807) is 48.7 Å². The lowest BCUT2D eigenvalue weighted by Crippen LogP contribution is -2.01. The molecule has 0 aliphatic heterocycles. The number of carbonyl (C=O) groups is 1. The van der Waals surface area contributed by atoms with E-state index >= 15 is 0 Å². The number of nitrogen functional groups attached to an aromatic ring is 1. The summed E-state index contributed by atoms with van der Waals surface area (Å²) in [6.45, 7) is 1.81. The zero-order valence-electron chi connectivity index (χ0n) is 14.4. The largest absolute Gasteiger partial charge is 0.507 e. The number of anilines is 1. The third kappa shape index (κ3) is 3.41. The van der Waals surface area contributed by atoms with Crippen LogP contribution in [0.5, 0.6) is 5.75 Å². The molecule has 0 aliphatic carbocycles. The second-order valence-corrected chi connectivity index (χ2v) is 5.65. The van der Waals surface area contributed by atoms with E-state index in [2.05, 4.69) is 10.1 Å². The van der Waals surface area contributed by atoms with Gasteiger partial charge < -0.3 is 15.6 Å². The molecule has 0 radical (unpaired) electrons. The highest BCUT2D eigenvalue weighted by Gasteiger charge is 2.11. The highest BCUT2D eigenvalue weighted by Crippen LogP contribution is 2.32. The number of para-hydroxylation sites is 1. The Balaban J connectivity index is 1.97. The van der Waals surface area contributed by atoms with Gasteiger partial charge in [0.15, 0.2) is 0 Å². The van der Waals surface area contributed by atoms with Crippen LogP contribution in [0.15, 0.2) is 53.8 Å². The third-order valence-corrected chi connectivity index (χ3v) is 3.82. The van der Waals surface area contributed by atoms with Crippen LogP contribution in [0.4, 0.5) is 5.95 Å². The molecule has 3 rings (SSSR count). The Bertz CT molecular complexity index is 992. The molecule has 0 spiro atoms. The van der Waals surface area contributed by atoms with Crippen molar-refractivity contribution < 1.29 is 14.6 Å². The Kier molecular flexibility index (Phi) is 4.70. The fraction of sp³-hybridized carbons (Fsp3) is 0.105. The van der Waals surface area contributed by atoms with Gasteiger partial charge in [0.2, 0.25) is 5.95 Å². The van der Waals surface area contributed by atoms with Crippen LogP contribution >= 0.6 is 0 Å². The van der Waals surface area contributed by atoms with Gasteiger partial charge >= 0.3 is 5.97 Å². The molecule has 26 heavy (non-hydrogen) atoms. The first-order valence-corrected chi connectivity index (χ1v) is 7.86. The van der Waals surface area contributed by atoms with Crippen molar-refractivity contribution in [2.24, 2.45) is 5.10 Å². The molecule has 7 heteroatoms. The Hall–Kier alpha value is -3.61. The quantitative estimate of drug-likeness (QED) is 0.556. The minimum atomic E-state index is -0.435. The number of aromatic nitrogens is 2. The number of aromatic hydroxyl groups is 1. The fourth-order valence-electron chi connectivity index (χ4n) is 2.55. The molecule has 0 fully saturated rings. The first-order valence-electron chi connectivity index (χ1n) is 7.86. The van der Waals surface area contributed by atoms with Gasteiger partial charge in [-0.15, -0.1) is 0 Å². The molecular weight excluding hydrogens is 332 g/mol. The predicted molar refractivity (Wildman–Crippen MR) is 99.3 cm³/mol. The van der Waals surface area contributed by atoms with Crippen molar-refractivity contribution in [1.29, 1.82) is 0 Å². The zero-order valence-corrected chi connectivity index (χ0v) is 14.4. The van der Waals surface area contributed by atoms with Gasteiger partial charge in [0.1, 0.15) is 5.75 Å². The summed E-state index contributed by atoms with van der Waals surface area (Å²) < 4.78 is 6.17. The SMILES string of the molecule is COC(=O)c1cccc(-c2cccc(C=Nn3cc(C)nc3N)c2O)c1. The highest BCUT2D eigenvalue weighted by molar-refractivity contribution is 5.93. The monoisotopic (exact) mass is 350 g/mol. The molecule has 0 bridgehead atoms. The molecule has 3 N–H and O–H groups in total. The summed E-state index contributed by atoms with van der Waals surface area (Å²) in [7, 11) is 1.33. The molecule has 1 heterocycles. The normalized spacial score (nSPS) is 11.0. The number of phenolic OH excluding ortho intramolecular Hbond substituents is 1. The summed E-state index contributed by atoms with van der Waals surface area (Å²) in [5, 5.41) is 14.8. The van der Waals surface area contributed by atoms with Crippen LogP contribution in [0.1, 0.15) is 21.6 Å². The van der Waals surface area contributed by atoms with Crippen LogP contribution in [0.2, 0.25) is 0 Å². The van der Waals surface area contributed by atoms with Crippen LogP contribution in [-0.4, -0.2) is 34.1 Å². The van der Waals surface area contributed by atoms with E-state index in [0.29, 0.717) is 22.3 Å². The number of carbonyl (C=O) groups excluding carboxylic acids is 1. The molecule has 1 aromatic heterocycles. The molecule has 7 nitrogen and oxygen atoms in total. The maximum absolute atomic E-state index is 11.7. The molecule has 0 saturated heterocycles. The van der Waals surface area contributed by atoms with Gasteiger partial charge in [-0.25, -0.2) is 14.5 Å². The topological polar surface area (TPSA) is 103 Å². The van der Waals surface area contributed by atoms with Gasteiger partial charge in [0, 0.05) is 11.1 Å². The van der Waals surface area contributed by atoms with E-state index in [4.69, 9.17) is 10.5 Å². The second kappa shape index (κ2) is 7.10. The summed E-state index contributed by atoms with van der Waals surface area (Å²) >= 11 is 0. The smallest absolute Gasteiger partial charge is 0.337 e. The molecule has 0 amide bonds. The van der Waals surface area contributed by atoms with Gasteiger partial charge in [-0.2, -0.15) is 5.10 Å². The number of nitrogens with zero attached hydrogens (tertiary/aromatic N) is 3. The van der Waals surface area contributed by atoms with Crippen molar-refractivity contribution in [3.05, 3.63) is 65.5 Å². The van der Waals surface area contributed by atoms with Crippen LogP contribution in [-0.2, 0) is 4.74 Å². The number of phenols is 1. The lowest BCUT2D eigenvalue weighted by molar-refractivity contribution is 0.0601. The Morgan fingerprint density at radius 1 is 1.31 bits per heavy atom. The number of hydrogen-bond acceptors (Lipinski definition) is 6. The number of benzene rings is 2. The summed E-state index contributed by atoms with van der Waals surface area (Å²) in [6.07, 6.45) is 3.19. The summed E-state index contributed by atoms with van der Waals surface area (Å²) in [5.74, 6) is -0.121. The van der Waals surface area contributed by atoms with E-state index in [-0.39, 0.29) is 11.7 Å². The van der Waals surface area contributed by atoms with Crippen LogP contribution in [0, 0.1) is 6.92 Å². The standard InChI is InChI=1S/C19H18N4O3/c1-12-11-23(19(20)22-12)21-10-15-7-4-8-16(17(15)24)13-5-3-6-14(9-13)18(25)26-2/h3-11,24H,1-2H3,(H2,20,22). The average Bonchev–Trinajstić information content (AvgIpc) is 2.97. The Morgan fingerprint density at radius 2 is 2.08 bits per heavy atom. The maximum atomic E-state index is 11.7. The number of aryl methyl sites for hydroxylation is 1. The van der Waals surface area contributed by atoms with Crippen molar-refractivity contribution in [3.63, 3.8) is 0 Å². The van der Waals surface area contributed by atoms with Crippen molar-refractivity contribution in [2.75, 3.05) is 12.8 Å². The Labute approximate surface area is 150 Å². The van der Waals surface area contributed by atoms with Gasteiger partial charge in [0.25, 0.3) is 0 Å². The predicted octanol–water partition coefficient (Wildman–Crippen LogP) is 2.82. The molecule has 0 atom stereocenters. The van der Waals surface area contributed by atoms with Gasteiger partial charge in [-0.3, -0.25) is 0 Å². The fourth-order valence-corrected chi connectivity index (χ4v) is 2.55. The minimum Gasteiger partial charge on any atom is -0.507 e. The summed E-state index contributed by atoms with van der Waals surface area (Å²) in [6, 6.07) is 12.1. The van der Waals surface area contributed by atoms with E-state index in [0.717, 1.165) is 5.69 Å². The van der Waals surface area contributed by atoms with Crippen molar-refractivity contribution in [1.82, 2.24) is 9.66 Å². The number of methoxy groups -OCH3 is 1. The van der Waals surface area contributed by atoms with E-state index in [9.17, 15) is 9.90 Å². The molecule has 132 valence electrons. The highest BCUT2D eigenvalue weighted by atomic mass is 16.5. The molecule has 0 aliphatic rings. The van der Waals surface area contributed by atoms with Crippen molar-refractivity contribution >= 4 is 18.1 Å². The number of nitrogens with two attached hydrogens (primary N) is 1. The van der Waals surface area contributed by atoms with Crippen LogP contribution in [0.3, 0.4) is 0 Å². The summed E-state index contributed by atoms with van der Waals surface area (Å²) in [4.78, 5) is 15.8. The first-order chi connectivity index (χ1) is 12.5. The van der Waals surface area contributed by atoms with Gasteiger partial charge in [-0.1, -0.05) is 24.3 Å². The third-order valence-electron chi connectivity index (χ3n) is 3.82. The van der Waals surface area contributed by atoms with Gasteiger partial charge in [0.05, 0.1) is 30.8 Å². The number of ether oxygens (including phenoxy) is 1. The average molecular weight is 350 g/mol. The molecule has 2 aromatic carbocycles. The van der Waals surface area contributed by atoms with Crippen molar-refractivity contribution in [2.45, 2.75) is 6.92 Å². The van der Waals surface area contributed by atoms with Crippen molar-refractivity contribution in [3.8, 4) is 16.9 Å². The molecular formula is C19H18N4O3. The maximum Gasteiger partial charge on any atom is 0.337 e. The van der Waals surface area contributed by atoms with Crippen LogP contribution in [0.25, 0.3) is 11.1 Å². The Morgan fingerprint density at radius 3 is 2.77 bits per heavy atom. The number of hydrogen-bond donors (Lipinski definition) is 2. The van der Waals surface area contributed by atoms with E-state index < -0.39 is 5.97 Å². The summed E-state index contributed by atoms with van der Waals surface area (Å²) in [5.41, 5.74) is 8.69. The molecule has 0 saturated carbocycles. The number of rotatable bonds is 4. The lowest BCUT2D eigenvalue weighted by Gasteiger charge is -2.08.